The normalized spacial score (nSPS) is 10.8. The number of hydrogen-bond acceptors (Lipinski definition) is 4. The number of rotatable bonds is 12. The Morgan fingerprint density at radius 2 is 1.73 bits per heavy atom. The molecule has 1 aromatic heterocycles. The van der Waals surface area contributed by atoms with Crippen molar-refractivity contribution in [2.45, 2.75) is 39.7 Å². The molecule has 1 N–H and O–H groups in total. The first-order valence-electron chi connectivity index (χ1n) is 12.7. The van der Waals surface area contributed by atoms with E-state index in [0.717, 1.165) is 36.3 Å². The Balaban J connectivity index is 1.55. The maximum atomic E-state index is 14.8. The number of amides is 1. The molecule has 1 amide bonds. The maximum Gasteiger partial charge on any atom is 0.251 e. The standard InChI is InChI=1S/C30H32FN3O3/c1-3-5-18-37-28-16-13-23(19-27(28)31)29-24(21-34(33-29)25-9-7-6-8-10-25)20-32-30(35)22-11-14-26(15-12-22)36-17-4-2/h6-16,19,21H,3-5,17-18,20H2,1-2H3,(H,32,35). The van der Waals surface area contributed by atoms with Crippen LogP contribution in [-0.2, 0) is 6.54 Å². The largest absolute Gasteiger partial charge is 0.494 e. The molecule has 3 aromatic carbocycles. The summed E-state index contributed by atoms with van der Waals surface area (Å²) in [7, 11) is 0. The Labute approximate surface area is 217 Å². The minimum Gasteiger partial charge on any atom is -0.494 e. The summed E-state index contributed by atoms with van der Waals surface area (Å²) in [5.41, 5.74) is 3.35. The average molecular weight is 502 g/mol. The van der Waals surface area contributed by atoms with Crippen LogP contribution in [0.4, 0.5) is 4.39 Å². The van der Waals surface area contributed by atoms with Gasteiger partial charge in [-0.3, -0.25) is 4.79 Å². The number of unbranched alkanes of at least 4 members (excludes halogenated alkanes) is 1. The Morgan fingerprint density at radius 1 is 0.946 bits per heavy atom. The number of carbonyl (C=O) groups excluding carboxylic acids is 1. The molecule has 0 saturated carbocycles. The van der Waals surface area contributed by atoms with Crippen LogP contribution in [-0.4, -0.2) is 28.9 Å². The van der Waals surface area contributed by atoms with Crippen LogP contribution >= 0.6 is 0 Å². The molecule has 0 fully saturated rings. The molecule has 7 heteroatoms. The highest BCUT2D eigenvalue weighted by molar-refractivity contribution is 5.94. The molecule has 0 radical (unpaired) electrons. The van der Waals surface area contributed by atoms with Crippen molar-refractivity contribution in [1.82, 2.24) is 15.1 Å². The zero-order valence-electron chi connectivity index (χ0n) is 21.2. The summed E-state index contributed by atoms with van der Waals surface area (Å²) in [4.78, 5) is 12.8. The summed E-state index contributed by atoms with van der Waals surface area (Å²) in [5, 5.41) is 7.69. The average Bonchev–Trinajstić information content (AvgIpc) is 3.36. The third-order valence-corrected chi connectivity index (χ3v) is 5.80. The van der Waals surface area contributed by atoms with E-state index in [1.165, 1.54) is 6.07 Å². The van der Waals surface area contributed by atoms with Crippen LogP contribution in [0.5, 0.6) is 11.5 Å². The molecule has 192 valence electrons. The van der Waals surface area contributed by atoms with Crippen molar-refractivity contribution in [2.24, 2.45) is 0 Å². The second-order valence-electron chi connectivity index (χ2n) is 8.69. The van der Waals surface area contributed by atoms with Crippen LogP contribution in [0.15, 0.2) is 79.0 Å². The number of benzene rings is 3. The van der Waals surface area contributed by atoms with E-state index in [2.05, 4.69) is 12.2 Å². The fourth-order valence-electron chi connectivity index (χ4n) is 3.79. The van der Waals surface area contributed by atoms with Crippen LogP contribution in [0.2, 0.25) is 0 Å². The SMILES string of the molecule is CCCCOc1ccc(-c2nn(-c3ccccc3)cc2CNC(=O)c2ccc(OCCC)cc2)cc1F. The summed E-state index contributed by atoms with van der Waals surface area (Å²) in [5.74, 6) is 0.296. The molecule has 0 aliphatic heterocycles. The van der Waals surface area contributed by atoms with Crippen LogP contribution in [0.25, 0.3) is 16.9 Å². The number of hydrogen-bond donors (Lipinski definition) is 1. The minimum atomic E-state index is -0.441. The first-order valence-corrected chi connectivity index (χ1v) is 12.7. The van der Waals surface area contributed by atoms with Crippen molar-refractivity contribution in [2.75, 3.05) is 13.2 Å². The number of aromatic nitrogens is 2. The molecule has 4 aromatic rings. The number of nitrogens with zero attached hydrogens (tertiary/aromatic N) is 2. The second kappa shape index (κ2) is 12.7. The number of halogens is 1. The molecule has 0 saturated heterocycles. The molecule has 4 rings (SSSR count). The van der Waals surface area contributed by atoms with Crippen molar-refractivity contribution in [3.05, 3.63) is 95.9 Å². The lowest BCUT2D eigenvalue weighted by atomic mass is 10.1. The van der Waals surface area contributed by atoms with E-state index in [-0.39, 0.29) is 18.2 Å². The minimum absolute atomic E-state index is 0.216. The van der Waals surface area contributed by atoms with Gasteiger partial charge in [0.2, 0.25) is 0 Å². The molecule has 0 aliphatic carbocycles. The highest BCUT2D eigenvalue weighted by Crippen LogP contribution is 2.28. The van der Waals surface area contributed by atoms with E-state index in [0.29, 0.717) is 30.0 Å². The number of nitrogens with one attached hydrogen (secondary N) is 1. The summed E-state index contributed by atoms with van der Waals surface area (Å²) in [6.45, 7) is 5.43. The number of para-hydroxylation sites is 1. The second-order valence-corrected chi connectivity index (χ2v) is 8.69. The Hall–Kier alpha value is -4.13. The topological polar surface area (TPSA) is 65.4 Å². The first kappa shape index (κ1) is 25.9. The molecule has 0 aliphatic rings. The first-order chi connectivity index (χ1) is 18.1. The van der Waals surface area contributed by atoms with Gasteiger partial charge in [-0.05, 0) is 67.4 Å². The molecule has 6 nitrogen and oxygen atoms in total. The van der Waals surface area contributed by atoms with E-state index in [9.17, 15) is 9.18 Å². The van der Waals surface area contributed by atoms with Gasteiger partial charge >= 0.3 is 0 Å². The van der Waals surface area contributed by atoms with E-state index < -0.39 is 5.82 Å². The van der Waals surface area contributed by atoms with Crippen molar-refractivity contribution < 1.29 is 18.7 Å². The van der Waals surface area contributed by atoms with Gasteiger partial charge in [-0.1, -0.05) is 38.5 Å². The molecular weight excluding hydrogens is 469 g/mol. The molecular formula is C30H32FN3O3. The summed E-state index contributed by atoms with van der Waals surface area (Å²) in [6, 6.07) is 21.6. The number of carbonyl (C=O) groups is 1. The number of ether oxygens (including phenoxy) is 2. The van der Waals surface area contributed by atoms with Gasteiger partial charge in [0, 0.05) is 29.4 Å². The molecule has 1 heterocycles. The monoisotopic (exact) mass is 501 g/mol. The van der Waals surface area contributed by atoms with Gasteiger partial charge in [0.1, 0.15) is 5.75 Å². The van der Waals surface area contributed by atoms with Gasteiger partial charge in [-0.2, -0.15) is 5.10 Å². The fourth-order valence-corrected chi connectivity index (χ4v) is 3.79. The summed E-state index contributed by atoms with van der Waals surface area (Å²) in [6.07, 6.45) is 4.61. The highest BCUT2D eigenvalue weighted by atomic mass is 19.1. The van der Waals surface area contributed by atoms with Gasteiger partial charge in [0.25, 0.3) is 5.91 Å². The predicted octanol–water partition coefficient (Wildman–Crippen LogP) is 6.58. The smallest absolute Gasteiger partial charge is 0.251 e. The zero-order chi connectivity index (χ0) is 26.0. The summed E-state index contributed by atoms with van der Waals surface area (Å²) >= 11 is 0. The Kier molecular flexibility index (Phi) is 8.92. The molecule has 0 unspecified atom stereocenters. The zero-order valence-corrected chi connectivity index (χ0v) is 21.2. The van der Waals surface area contributed by atoms with Crippen molar-refractivity contribution in [3.63, 3.8) is 0 Å². The van der Waals surface area contributed by atoms with Gasteiger partial charge < -0.3 is 14.8 Å². The van der Waals surface area contributed by atoms with Crippen LogP contribution in [0, 0.1) is 5.82 Å². The van der Waals surface area contributed by atoms with E-state index >= 15 is 0 Å². The van der Waals surface area contributed by atoms with Gasteiger partial charge in [-0.25, -0.2) is 9.07 Å². The van der Waals surface area contributed by atoms with Gasteiger partial charge in [0.15, 0.2) is 11.6 Å². The molecule has 0 spiro atoms. The van der Waals surface area contributed by atoms with Gasteiger partial charge in [-0.15, -0.1) is 0 Å². The summed E-state index contributed by atoms with van der Waals surface area (Å²) < 4.78 is 27.7. The molecule has 0 atom stereocenters. The maximum absolute atomic E-state index is 14.8. The Bertz CT molecular complexity index is 1300. The van der Waals surface area contributed by atoms with Gasteiger partial charge in [0.05, 0.1) is 24.6 Å². The van der Waals surface area contributed by atoms with Crippen molar-refractivity contribution in [3.8, 4) is 28.4 Å². The van der Waals surface area contributed by atoms with Crippen LogP contribution in [0.1, 0.15) is 49.0 Å². The quantitative estimate of drug-likeness (QED) is 0.223. The fraction of sp³-hybridized carbons (Fsp3) is 0.267. The third kappa shape index (κ3) is 6.76. The van der Waals surface area contributed by atoms with Crippen LogP contribution < -0.4 is 14.8 Å². The van der Waals surface area contributed by atoms with E-state index in [4.69, 9.17) is 14.6 Å². The Morgan fingerprint density at radius 3 is 2.43 bits per heavy atom. The lowest BCUT2D eigenvalue weighted by Gasteiger charge is -2.09. The predicted molar refractivity (Wildman–Crippen MR) is 143 cm³/mol. The van der Waals surface area contributed by atoms with E-state index in [1.54, 1.807) is 41.1 Å². The lowest BCUT2D eigenvalue weighted by molar-refractivity contribution is 0.0951. The third-order valence-electron chi connectivity index (χ3n) is 5.80. The van der Waals surface area contributed by atoms with E-state index in [1.807, 2.05) is 43.5 Å². The van der Waals surface area contributed by atoms with Crippen LogP contribution in [0.3, 0.4) is 0 Å². The van der Waals surface area contributed by atoms with Crippen molar-refractivity contribution >= 4 is 5.91 Å². The lowest BCUT2D eigenvalue weighted by Crippen LogP contribution is -2.22. The molecule has 37 heavy (non-hydrogen) atoms. The highest BCUT2D eigenvalue weighted by Gasteiger charge is 2.16. The van der Waals surface area contributed by atoms with Crippen molar-refractivity contribution in [1.29, 1.82) is 0 Å². The molecule has 0 bridgehead atoms.